The largest absolute Gasteiger partial charge is 0.495 e. The smallest absolute Gasteiger partial charge is 0.244 e. The molecule has 1 atom stereocenters. The second-order valence-electron chi connectivity index (χ2n) is 4.68. The minimum atomic E-state index is -3.59. The van der Waals surface area contributed by atoms with E-state index in [1.54, 1.807) is 18.2 Å². The van der Waals surface area contributed by atoms with Crippen molar-refractivity contribution in [3.8, 4) is 5.75 Å². The zero-order chi connectivity index (χ0) is 14.6. The quantitative estimate of drug-likeness (QED) is 0.857. The molecular formula is C13H20BrNO3S. The van der Waals surface area contributed by atoms with E-state index >= 15 is 0 Å². The Hall–Kier alpha value is -0.590. The number of rotatable bonds is 6. The molecule has 0 saturated carbocycles. The van der Waals surface area contributed by atoms with Crippen molar-refractivity contribution in [2.24, 2.45) is 5.92 Å². The summed E-state index contributed by atoms with van der Waals surface area (Å²) in [5.74, 6) is 0.576. The van der Waals surface area contributed by atoms with Crippen molar-refractivity contribution in [3.63, 3.8) is 0 Å². The number of sulfonamides is 1. The lowest BCUT2D eigenvalue weighted by atomic mass is 10.0. The number of halogens is 1. The van der Waals surface area contributed by atoms with Crippen LogP contribution in [0.2, 0.25) is 0 Å². The molecule has 0 heterocycles. The molecule has 1 N–H and O–H groups in total. The van der Waals surface area contributed by atoms with Gasteiger partial charge in [0.2, 0.25) is 10.0 Å². The van der Waals surface area contributed by atoms with Gasteiger partial charge >= 0.3 is 0 Å². The highest BCUT2D eigenvalue weighted by atomic mass is 79.9. The molecule has 0 radical (unpaired) electrons. The SMILES string of the molecule is CCC(NS(=O)(=O)c1cc(Br)ccc1OC)C(C)C. The van der Waals surface area contributed by atoms with Gasteiger partial charge in [0.05, 0.1) is 7.11 Å². The summed E-state index contributed by atoms with van der Waals surface area (Å²) in [4.78, 5) is 0.156. The molecule has 108 valence electrons. The first-order chi connectivity index (χ1) is 8.81. The number of hydrogen-bond acceptors (Lipinski definition) is 3. The summed E-state index contributed by atoms with van der Waals surface area (Å²) in [5.41, 5.74) is 0. The molecule has 0 saturated heterocycles. The standard InChI is InChI=1S/C13H20BrNO3S/c1-5-11(9(2)3)15-19(16,17)13-8-10(14)6-7-12(13)18-4/h6-9,11,15H,5H2,1-4H3. The van der Waals surface area contributed by atoms with Crippen LogP contribution in [0.5, 0.6) is 5.75 Å². The van der Waals surface area contributed by atoms with Gasteiger partial charge in [-0.15, -0.1) is 0 Å². The highest BCUT2D eigenvalue weighted by Crippen LogP contribution is 2.27. The second kappa shape index (κ2) is 6.72. The molecule has 19 heavy (non-hydrogen) atoms. The Balaban J connectivity index is 3.16. The van der Waals surface area contributed by atoms with E-state index < -0.39 is 10.0 Å². The lowest BCUT2D eigenvalue weighted by molar-refractivity contribution is 0.399. The lowest BCUT2D eigenvalue weighted by Crippen LogP contribution is -2.38. The van der Waals surface area contributed by atoms with E-state index in [1.165, 1.54) is 7.11 Å². The number of nitrogens with one attached hydrogen (secondary N) is 1. The van der Waals surface area contributed by atoms with E-state index in [9.17, 15) is 8.42 Å². The average Bonchev–Trinajstić information content (AvgIpc) is 2.35. The van der Waals surface area contributed by atoms with Crippen LogP contribution >= 0.6 is 15.9 Å². The molecule has 0 aromatic heterocycles. The van der Waals surface area contributed by atoms with Crippen LogP contribution in [0.25, 0.3) is 0 Å². The molecule has 0 fully saturated rings. The zero-order valence-corrected chi connectivity index (χ0v) is 14.0. The predicted molar refractivity (Wildman–Crippen MR) is 79.9 cm³/mol. The van der Waals surface area contributed by atoms with E-state index in [0.29, 0.717) is 10.2 Å². The number of ether oxygens (including phenoxy) is 1. The maximum atomic E-state index is 12.4. The van der Waals surface area contributed by atoms with Gasteiger partial charge in [-0.1, -0.05) is 36.7 Å². The maximum absolute atomic E-state index is 12.4. The average molecular weight is 350 g/mol. The van der Waals surface area contributed by atoms with Crippen molar-refractivity contribution in [1.82, 2.24) is 4.72 Å². The minimum absolute atomic E-state index is 0.0892. The third kappa shape index (κ3) is 4.19. The Bertz CT molecular complexity index is 529. The fourth-order valence-corrected chi connectivity index (χ4v) is 3.99. The van der Waals surface area contributed by atoms with E-state index in [2.05, 4.69) is 20.7 Å². The highest BCUT2D eigenvalue weighted by Gasteiger charge is 2.24. The first-order valence-corrected chi connectivity index (χ1v) is 8.45. The van der Waals surface area contributed by atoms with Gasteiger partial charge in [0.25, 0.3) is 0 Å². The number of benzene rings is 1. The van der Waals surface area contributed by atoms with E-state index in [4.69, 9.17) is 4.74 Å². The number of methoxy groups -OCH3 is 1. The van der Waals surface area contributed by atoms with Crippen LogP contribution in [-0.4, -0.2) is 21.6 Å². The Morgan fingerprint density at radius 3 is 2.47 bits per heavy atom. The monoisotopic (exact) mass is 349 g/mol. The van der Waals surface area contributed by atoms with Gasteiger partial charge in [0, 0.05) is 10.5 Å². The van der Waals surface area contributed by atoms with Crippen molar-refractivity contribution in [2.75, 3.05) is 7.11 Å². The molecule has 1 aromatic carbocycles. The van der Waals surface area contributed by atoms with Crippen LogP contribution in [0.3, 0.4) is 0 Å². The van der Waals surface area contributed by atoms with Crippen LogP contribution < -0.4 is 9.46 Å². The normalized spacial score (nSPS) is 13.6. The Kier molecular flexibility index (Phi) is 5.82. The van der Waals surface area contributed by atoms with Crippen LogP contribution in [0.1, 0.15) is 27.2 Å². The van der Waals surface area contributed by atoms with Gasteiger partial charge < -0.3 is 4.74 Å². The molecule has 0 spiro atoms. The molecule has 0 aliphatic carbocycles. The van der Waals surface area contributed by atoms with Crippen molar-refractivity contribution in [1.29, 1.82) is 0 Å². The van der Waals surface area contributed by atoms with E-state index in [0.717, 1.165) is 6.42 Å². The Morgan fingerprint density at radius 1 is 1.37 bits per heavy atom. The molecule has 1 rings (SSSR count). The lowest BCUT2D eigenvalue weighted by Gasteiger charge is -2.21. The van der Waals surface area contributed by atoms with Crippen LogP contribution in [0.15, 0.2) is 27.6 Å². The van der Waals surface area contributed by atoms with Gasteiger partial charge in [0.15, 0.2) is 0 Å². The summed E-state index contributed by atoms with van der Waals surface area (Å²) >= 11 is 3.28. The van der Waals surface area contributed by atoms with E-state index in [1.807, 2.05) is 20.8 Å². The summed E-state index contributed by atoms with van der Waals surface area (Å²) in [6.45, 7) is 5.95. The Morgan fingerprint density at radius 2 is 2.00 bits per heavy atom. The van der Waals surface area contributed by atoms with E-state index in [-0.39, 0.29) is 16.9 Å². The highest BCUT2D eigenvalue weighted by molar-refractivity contribution is 9.10. The summed E-state index contributed by atoms with van der Waals surface area (Å²) in [6, 6.07) is 4.84. The van der Waals surface area contributed by atoms with Gasteiger partial charge in [0.1, 0.15) is 10.6 Å². The Labute approximate surface area is 123 Å². The summed E-state index contributed by atoms with van der Waals surface area (Å²) in [5, 5.41) is 0. The fraction of sp³-hybridized carbons (Fsp3) is 0.538. The third-order valence-electron chi connectivity index (χ3n) is 2.97. The van der Waals surface area contributed by atoms with Crippen molar-refractivity contribution in [3.05, 3.63) is 22.7 Å². The third-order valence-corrected chi connectivity index (χ3v) is 4.97. The first kappa shape index (κ1) is 16.5. The summed E-state index contributed by atoms with van der Waals surface area (Å²) < 4.78 is 33.4. The van der Waals surface area contributed by atoms with Crippen molar-refractivity contribution >= 4 is 26.0 Å². The van der Waals surface area contributed by atoms with Crippen LogP contribution in [-0.2, 0) is 10.0 Å². The molecule has 1 unspecified atom stereocenters. The molecule has 4 nitrogen and oxygen atoms in total. The molecule has 0 aliphatic rings. The molecular weight excluding hydrogens is 330 g/mol. The fourth-order valence-electron chi connectivity index (χ4n) is 1.81. The summed E-state index contributed by atoms with van der Waals surface area (Å²) in [7, 11) is -2.13. The maximum Gasteiger partial charge on any atom is 0.244 e. The van der Waals surface area contributed by atoms with Crippen molar-refractivity contribution in [2.45, 2.75) is 38.1 Å². The number of hydrogen-bond donors (Lipinski definition) is 1. The van der Waals surface area contributed by atoms with Crippen LogP contribution in [0, 0.1) is 5.92 Å². The van der Waals surface area contributed by atoms with Gasteiger partial charge in [-0.2, -0.15) is 0 Å². The molecule has 1 aromatic rings. The van der Waals surface area contributed by atoms with Crippen LogP contribution in [0.4, 0.5) is 0 Å². The minimum Gasteiger partial charge on any atom is -0.495 e. The molecule has 0 bridgehead atoms. The molecule has 0 amide bonds. The van der Waals surface area contributed by atoms with Gasteiger partial charge in [-0.05, 0) is 30.5 Å². The van der Waals surface area contributed by atoms with Crippen molar-refractivity contribution < 1.29 is 13.2 Å². The molecule has 6 heteroatoms. The topological polar surface area (TPSA) is 55.4 Å². The summed E-state index contributed by atoms with van der Waals surface area (Å²) in [6.07, 6.45) is 0.743. The second-order valence-corrected chi connectivity index (χ2v) is 7.27. The van der Waals surface area contributed by atoms with Gasteiger partial charge in [-0.25, -0.2) is 13.1 Å². The first-order valence-electron chi connectivity index (χ1n) is 6.17. The molecule has 0 aliphatic heterocycles. The van der Waals surface area contributed by atoms with Gasteiger partial charge in [-0.3, -0.25) is 0 Å². The predicted octanol–water partition coefficient (Wildman–Crippen LogP) is 3.17. The zero-order valence-electron chi connectivity index (χ0n) is 11.6.